The van der Waals surface area contributed by atoms with Crippen molar-refractivity contribution in [1.82, 2.24) is 9.80 Å². The van der Waals surface area contributed by atoms with E-state index < -0.39 is 0 Å². The number of piperazine rings is 1. The van der Waals surface area contributed by atoms with Crippen LogP contribution in [-0.4, -0.2) is 45.8 Å². The van der Waals surface area contributed by atoms with Crippen molar-refractivity contribution in [2.45, 2.75) is 143 Å². The molecule has 0 aromatic rings. The third-order valence-electron chi connectivity index (χ3n) is 8.14. The monoisotopic (exact) mass is 434 g/mol. The first-order valence-electron chi connectivity index (χ1n) is 13.4. The van der Waals surface area contributed by atoms with Gasteiger partial charge in [0.25, 0.3) is 0 Å². The molecule has 0 N–H and O–H groups in total. The third kappa shape index (κ3) is 6.71. The fourth-order valence-electron chi connectivity index (χ4n) is 5.50. The maximum Gasteiger partial charge on any atom is 0.246 e. The number of amides is 2. The van der Waals surface area contributed by atoms with Crippen LogP contribution in [0.5, 0.6) is 0 Å². The second-order valence-corrected chi connectivity index (χ2v) is 10.7. The van der Waals surface area contributed by atoms with E-state index in [0.29, 0.717) is 11.8 Å². The van der Waals surface area contributed by atoms with Crippen LogP contribution in [0.3, 0.4) is 0 Å². The summed E-state index contributed by atoms with van der Waals surface area (Å²) in [4.78, 5) is 31.7. The summed E-state index contributed by atoms with van der Waals surface area (Å²) < 4.78 is 0. The zero-order valence-corrected chi connectivity index (χ0v) is 21.5. The SMILES string of the molecule is CCC(CC)CC1C(=O)N(C(C)CC)C(CC(CC)CCCC2CC2)C(=O)N1C(C)C. The highest BCUT2D eigenvalue weighted by molar-refractivity contribution is 5.97. The van der Waals surface area contributed by atoms with Gasteiger partial charge in [-0.2, -0.15) is 0 Å². The van der Waals surface area contributed by atoms with Crippen molar-refractivity contribution >= 4 is 11.8 Å². The van der Waals surface area contributed by atoms with Crippen molar-refractivity contribution in [2.75, 3.05) is 0 Å². The molecular formula is C27H50N2O2. The highest BCUT2D eigenvalue weighted by Gasteiger charge is 2.48. The third-order valence-corrected chi connectivity index (χ3v) is 8.14. The summed E-state index contributed by atoms with van der Waals surface area (Å²) >= 11 is 0. The molecule has 1 saturated carbocycles. The van der Waals surface area contributed by atoms with Crippen molar-refractivity contribution in [3.05, 3.63) is 0 Å². The molecule has 4 heteroatoms. The van der Waals surface area contributed by atoms with Crippen molar-refractivity contribution in [2.24, 2.45) is 17.8 Å². The second kappa shape index (κ2) is 12.3. The summed E-state index contributed by atoms with van der Waals surface area (Å²) in [6.45, 7) is 15.1. The lowest BCUT2D eigenvalue weighted by Crippen LogP contribution is -2.68. The van der Waals surface area contributed by atoms with E-state index in [2.05, 4.69) is 48.5 Å². The number of hydrogen-bond donors (Lipinski definition) is 0. The lowest BCUT2D eigenvalue weighted by molar-refractivity contribution is -0.168. The molecule has 2 amide bonds. The summed E-state index contributed by atoms with van der Waals surface area (Å²) in [5.41, 5.74) is 0. The molecule has 0 aromatic carbocycles. The molecule has 180 valence electrons. The fraction of sp³-hybridized carbons (Fsp3) is 0.926. The van der Waals surface area contributed by atoms with E-state index in [-0.39, 0.29) is 36.0 Å². The summed E-state index contributed by atoms with van der Waals surface area (Å²) in [5, 5.41) is 0. The van der Waals surface area contributed by atoms with E-state index in [1.165, 1.54) is 32.1 Å². The van der Waals surface area contributed by atoms with Gasteiger partial charge >= 0.3 is 0 Å². The molecule has 4 nitrogen and oxygen atoms in total. The molecule has 4 atom stereocenters. The van der Waals surface area contributed by atoms with Gasteiger partial charge in [0.1, 0.15) is 12.1 Å². The fourth-order valence-corrected chi connectivity index (χ4v) is 5.50. The van der Waals surface area contributed by atoms with Crippen LogP contribution in [0.4, 0.5) is 0 Å². The smallest absolute Gasteiger partial charge is 0.246 e. The Morgan fingerprint density at radius 2 is 1.29 bits per heavy atom. The summed E-state index contributed by atoms with van der Waals surface area (Å²) in [6, 6.07) is -0.400. The van der Waals surface area contributed by atoms with Crippen LogP contribution in [0, 0.1) is 17.8 Å². The van der Waals surface area contributed by atoms with E-state index in [1.54, 1.807) is 0 Å². The van der Waals surface area contributed by atoms with Gasteiger partial charge in [-0.05, 0) is 57.8 Å². The van der Waals surface area contributed by atoms with Crippen LogP contribution in [0.2, 0.25) is 0 Å². The first-order chi connectivity index (χ1) is 14.8. The molecule has 31 heavy (non-hydrogen) atoms. The number of rotatable bonds is 14. The number of hydrogen-bond acceptors (Lipinski definition) is 2. The van der Waals surface area contributed by atoms with Crippen molar-refractivity contribution in [3.63, 3.8) is 0 Å². The van der Waals surface area contributed by atoms with Gasteiger partial charge in [-0.25, -0.2) is 0 Å². The second-order valence-electron chi connectivity index (χ2n) is 10.7. The largest absolute Gasteiger partial charge is 0.326 e. The molecule has 1 aliphatic carbocycles. The lowest BCUT2D eigenvalue weighted by atomic mass is 9.85. The van der Waals surface area contributed by atoms with Gasteiger partial charge in [0, 0.05) is 12.1 Å². The Labute approximate surface area is 192 Å². The quantitative estimate of drug-likeness (QED) is 0.316. The molecule has 0 spiro atoms. The average molecular weight is 435 g/mol. The predicted molar refractivity (Wildman–Crippen MR) is 130 cm³/mol. The maximum atomic E-state index is 13.9. The molecule has 4 unspecified atom stereocenters. The Kier molecular flexibility index (Phi) is 10.4. The average Bonchev–Trinajstić information content (AvgIpc) is 3.57. The van der Waals surface area contributed by atoms with E-state index >= 15 is 0 Å². The van der Waals surface area contributed by atoms with Gasteiger partial charge in [-0.3, -0.25) is 9.59 Å². The molecule has 0 bridgehead atoms. The lowest BCUT2D eigenvalue weighted by Gasteiger charge is -2.50. The predicted octanol–water partition coefficient (Wildman–Crippen LogP) is 6.42. The zero-order valence-electron chi connectivity index (χ0n) is 21.5. The Hall–Kier alpha value is -1.06. The highest BCUT2D eigenvalue weighted by atomic mass is 16.2. The molecule has 0 radical (unpaired) electrons. The van der Waals surface area contributed by atoms with E-state index in [1.807, 2.05) is 9.80 Å². The molecule has 1 saturated heterocycles. The first-order valence-corrected chi connectivity index (χ1v) is 13.4. The minimum Gasteiger partial charge on any atom is -0.326 e. The number of carbonyl (C=O) groups excluding carboxylic acids is 2. The van der Waals surface area contributed by atoms with E-state index in [0.717, 1.165) is 44.4 Å². The standard InChI is InChI=1S/C27H50N2O2/c1-8-20(7)29-25(18-22(11-4)13-12-14-23-15-16-23)26(30)28(19(5)6)24(27(29)31)17-21(9-2)10-3/h19-25H,8-18H2,1-7H3. The van der Waals surface area contributed by atoms with Crippen molar-refractivity contribution in [3.8, 4) is 0 Å². The number of carbonyl (C=O) groups is 2. The summed E-state index contributed by atoms with van der Waals surface area (Å²) in [5.74, 6) is 2.38. The van der Waals surface area contributed by atoms with Crippen LogP contribution in [0.25, 0.3) is 0 Å². The van der Waals surface area contributed by atoms with Gasteiger partial charge in [0.05, 0.1) is 0 Å². The molecular weight excluding hydrogens is 384 g/mol. The van der Waals surface area contributed by atoms with Gasteiger partial charge in [0.15, 0.2) is 0 Å². The normalized spacial score (nSPS) is 24.4. The Balaban J connectivity index is 2.25. The molecule has 1 heterocycles. The zero-order chi connectivity index (χ0) is 23.1. The molecule has 1 aliphatic heterocycles. The van der Waals surface area contributed by atoms with Crippen molar-refractivity contribution in [1.29, 1.82) is 0 Å². The van der Waals surface area contributed by atoms with Crippen LogP contribution < -0.4 is 0 Å². The first kappa shape index (κ1) is 26.2. The molecule has 2 aliphatic rings. The van der Waals surface area contributed by atoms with Gasteiger partial charge < -0.3 is 9.80 Å². The Morgan fingerprint density at radius 1 is 0.774 bits per heavy atom. The maximum absolute atomic E-state index is 13.9. The summed E-state index contributed by atoms with van der Waals surface area (Å²) in [6.07, 6.45) is 12.4. The molecule has 2 rings (SSSR count). The molecule has 2 fully saturated rings. The topological polar surface area (TPSA) is 40.6 Å². The van der Waals surface area contributed by atoms with Crippen LogP contribution in [0.15, 0.2) is 0 Å². The highest BCUT2D eigenvalue weighted by Crippen LogP contribution is 2.36. The Morgan fingerprint density at radius 3 is 1.77 bits per heavy atom. The van der Waals surface area contributed by atoms with Gasteiger partial charge in [-0.1, -0.05) is 79.1 Å². The van der Waals surface area contributed by atoms with Crippen LogP contribution >= 0.6 is 0 Å². The minimum absolute atomic E-state index is 0.0624. The van der Waals surface area contributed by atoms with Crippen molar-refractivity contribution < 1.29 is 9.59 Å². The number of nitrogens with zero attached hydrogens (tertiary/aromatic N) is 2. The van der Waals surface area contributed by atoms with Gasteiger partial charge in [-0.15, -0.1) is 0 Å². The summed E-state index contributed by atoms with van der Waals surface area (Å²) in [7, 11) is 0. The van der Waals surface area contributed by atoms with Crippen LogP contribution in [0.1, 0.15) is 119 Å². The molecule has 0 aromatic heterocycles. The van der Waals surface area contributed by atoms with E-state index in [4.69, 9.17) is 0 Å². The van der Waals surface area contributed by atoms with Crippen LogP contribution in [-0.2, 0) is 9.59 Å². The minimum atomic E-state index is -0.294. The van der Waals surface area contributed by atoms with E-state index in [9.17, 15) is 9.59 Å². The Bertz CT molecular complexity index is 568. The van der Waals surface area contributed by atoms with Gasteiger partial charge in [0.2, 0.25) is 11.8 Å².